The molecule has 3 N–H and O–H groups in total. The first-order valence-electron chi connectivity index (χ1n) is 6.98. The summed E-state index contributed by atoms with van der Waals surface area (Å²) in [5, 5.41) is 16.6. The number of nitrogens with zero attached hydrogens (tertiary/aromatic N) is 2. The Morgan fingerprint density at radius 1 is 1.40 bits per heavy atom. The van der Waals surface area contributed by atoms with Crippen molar-refractivity contribution in [1.29, 1.82) is 0 Å². The van der Waals surface area contributed by atoms with E-state index in [0.717, 1.165) is 35.4 Å². The van der Waals surface area contributed by atoms with E-state index in [4.69, 9.17) is 5.11 Å². The van der Waals surface area contributed by atoms with E-state index in [-0.39, 0.29) is 6.61 Å². The number of aryl methyl sites for hydroxylation is 1. The molecule has 0 amide bonds. The van der Waals surface area contributed by atoms with Crippen molar-refractivity contribution in [1.82, 2.24) is 9.97 Å². The number of hydrogen-bond acceptors (Lipinski definition) is 6. The maximum Gasteiger partial charge on any atom is 0.225 e. The number of aliphatic hydroxyl groups is 1. The van der Waals surface area contributed by atoms with E-state index < -0.39 is 0 Å². The molecule has 6 heteroatoms. The van der Waals surface area contributed by atoms with E-state index in [1.807, 2.05) is 7.05 Å². The molecule has 1 unspecified atom stereocenters. The smallest absolute Gasteiger partial charge is 0.225 e. The largest absolute Gasteiger partial charge is 0.396 e. The summed E-state index contributed by atoms with van der Waals surface area (Å²) in [4.78, 5) is 11.2. The number of aromatic nitrogens is 2. The molecule has 1 atom stereocenters. The molecule has 0 spiro atoms. The van der Waals surface area contributed by atoms with Crippen molar-refractivity contribution in [3.8, 4) is 0 Å². The Hall–Kier alpha value is -1.40. The van der Waals surface area contributed by atoms with Crippen LogP contribution in [-0.4, -0.2) is 35.3 Å². The van der Waals surface area contributed by atoms with Gasteiger partial charge in [0.05, 0.1) is 5.39 Å². The van der Waals surface area contributed by atoms with Gasteiger partial charge in [-0.25, -0.2) is 4.98 Å². The van der Waals surface area contributed by atoms with Crippen LogP contribution in [0.4, 0.5) is 11.8 Å². The first-order valence-corrected chi connectivity index (χ1v) is 7.80. The lowest BCUT2D eigenvalue weighted by Crippen LogP contribution is -2.16. The molecule has 2 rings (SSSR count). The van der Waals surface area contributed by atoms with Gasteiger partial charge in [0, 0.05) is 25.1 Å². The summed E-state index contributed by atoms with van der Waals surface area (Å²) >= 11 is 1.67. The first-order chi connectivity index (χ1) is 9.67. The summed E-state index contributed by atoms with van der Waals surface area (Å²) < 4.78 is 0. The van der Waals surface area contributed by atoms with Gasteiger partial charge in [-0.2, -0.15) is 4.98 Å². The number of thiophene rings is 1. The molecule has 0 bridgehead atoms. The van der Waals surface area contributed by atoms with Crippen LogP contribution in [0.25, 0.3) is 10.2 Å². The highest BCUT2D eigenvalue weighted by Gasteiger charge is 2.12. The minimum Gasteiger partial charge on any atom is -0.396 e. The van der Waals surface area contributed by atoms with Gasteiger partial charge in [0.25, 0.3) is 0 Å². The third-order valence-corrected chi connectivity index (χ3v) is 4.36. The van der Waals surface area contributed by atoms with Gasteiger partial charge in [-0.1, -0.05) is 13.3 Å². The van der Waals surface area contributed by atoms with Gasteiger partial charge in [-0.15, -0.1) is 11.3 Å². The molecule has 0 radical (unpaired) electrons. The van der Waals surface area contributed by atoms with E-state index in [0.29, 0.717) is 11.9 Å². The average molecular weight is 294 g/mol. The molecule has 0 aliphatic carbocycles. The third-order valence-electron chi connectivity index (χ3n) is 3.41. The third kappa shape index (κ3) is 3.37. The molecule has 0 aliphatic rings. The van der Waals surface area contributed by atoms with Crippen molar-refractivity contribution in [3.05, 3.63) is 10.9 Å². The van der Waals surface area contributed by atoms with Crippen molar-refractivity contribution in [2.24, 2.45) is 5.92 Å². The molecule has 0 saturated heterocycles. The van der Waals surface area contributed by atoms with Gasteiger partial charge < -0.3 is 15.7 Å². The molecule has 5 nitrogen and oxygen atoms in total. The molecule has 0 fully saturated rings. The molecule has 110 valence electrons. The Kier molecular flexibility index (Phi) is 5.14. The fraction of sp³-hybridized carbons (Fsp3) is 0.571. The topological polar surface area (TPSA) is 70.1 Å². The van der Waals surface area contributed by atoms with Crippen LogP contribution >= 0.6 is 11.3 Å². The second-order valence-electron chi connectivity index (χ2n) is 4.89. The second kappa shape index (κ2) is 6.85. The quantitative estimate of drug-likeness (QED) is 0.732. The van der Waals surface area contributed by atoms with Gasteiger partial charge in [0.15, 0.2) is 0 Å². The molecular weight excluding hydrogens is 272 g/mol. The van der Waals surface area contributed by atoms with E-state index in [1.54, 1.807) is 11.3 Å². The maximum atomic E-state index is 9.06. The molecule has 0 saturated carbocycles. The van der Waals surface area contributed by atoms with Crippen molar-refractivity contribution in [3.63, 3.8) is 0 Å². The molecule has 2 aromatic heterocycles. The number of nitrogens with one attached hydrogen (secondary N) is 2. The number of rotatable bonds is 7. The van der Waals surface area contributed by atoms with Crippen LogP contribution < -0.4 is 10.6 Å². The summed E-state index contributed by atoms with van der Waals surface area (Å²) in [5.74, 6) is 1.97. The molecule has 0 aliphatic heterocycles. The standard InChI is InChI=1S/C14H22N4OS/c1-4-10(5-6-19)8-16-12-11-7-9(2)20-13(11)18-14(15-3)17-12/h7,10,19H,4-6,8H2,1-3H3,(H2,15,16,17,18). The van der Waals surface area contributed by atoms with Crippen LogP contribution in [0.3, 0.4) is 0 Å². The fourth-order valence-corrected chi connectivity index (χ4v) is 3.04. The summed E-state index contributed by atoms with van der Waals surface area (Å²) in [7, 11) is 1.83. The highest BCUT2D eigenvalue weighted by Crippen LogP contribution is 2.29. The highest BCUT2D eigenvalue weighted by molar-refractivity contribution is 7.18. The zero-order valence-corrected chi connectivity index (χ0v) is 13.0. The van der Waals surface area contributed by atoms with E-state index in [1.165, 1.54) is 4.88 Å². The highest BCUT2D eigenvalue weighted by atomic mass is 32.1. The zero-order chi connectivity index (χ0) is 14.5. The Morgan fingerprint density at radius 2 is 2.20 bits per heavy atom. The summed E-state index contributed by atoms with van der Waals surface area (Å²) in [6.45, 7) is 5.28. The van der Waals surface area contributed by atoms with Crippen molar-refractivity contribution in [2.45, 2.75) is 26.7 Å². The predicted octanol–water partition coefficient (Wildman–Crippen LogP) is 2.86. The number of hydrogen-bond donors (Lipinski definition) is 3. The van der Waals surface area contributed by atoms with Crippen LogP contribution in [0.1, 0.15) is 24.6 Å². The number of aliphatic hydroxyl groups excluding tert-OH is 1. The Balaban J connectivity index is 2.23. The molecule has 20 heavy (non-hydrogen) atoms. The summed E-state index contributed by atoms with van der Waals surface area (Å²) in [6.07, 6.45) is 1.86. The lowest BCUT2D eigenvalue weighted by Gasteiger charge is -2.15. The zero-order valence-electron chi connectivity index (χ0n) is 12.2. The molecule has 2 heterocycles. The summed E-state index contributed by atoms with van der Waals surface area (Å²) in [6, 6.07) is 2.12. The summed E-state index contributed by atoms with van der Waals surface area (Å²) in [5.41, 5.74) is 0. The minimum atomic E-state index is 0.235. The van der Waals surface area contributed by atoms with Gasteiger partial charge in [-0.05, 0) is 25.3 Å². The molecular formula is C14H22N4OS. The van der Waals surface area contributed by atoms with E-state index >= 15 is 0 Å². The number of anilines is 2. The SMILES string of the molecule is CCC(CCO)CNc1nc(NC)nc2sc(C)cc12. The van der Waals surface area contributed by atoms with Crippen LogP contribution in [-0.2, 0) is 0 Å². The Bertz CT molecular complexity index is 570. The van der Waals surface area contributed by atoms with Gasteiger partial charge in [0.2, 0.25) is 5.95 Å². The van der Waals surface area contributed by atoms with Gasteiger partial charge >= 0.3 is 0 Å². The van der Waals surface area contributed by atoms with Crippen LogP contribution in [0.2, 0.25) is 0 Å². The Labute approximate surface area is 123 Å². The van der Waals surface area contributed by atoms with E-state index in [2.05, 4.69) is 40.5 Å². The van der Waals surface area contributed by atoms with Gasteiger partial charge in [-0.3, -0.25) is 0 Å². The van der Waals surface area contributed by atoms with Crippen LogP contribution in [0.5, 0.6) is 0 Å². The van der Waals surface area contributed by atoms with Crippen molar-refractivity contribution >= 4 is 33.3 Å². The van der Waals surface area contributed by atoms with Crippen LogP contribution in [0, 0.1) is 12.8 Å². The average Bonchev–Trinajstić information content (AvgIpc) is 2.83. The molecule has 2 aromatic rings. The lowest BCUT2D eigenvalue weighted by atomic mass is 10.0. The Morgan fingerprint density at radius 3 is 2.85 bits per heavy atom. The first kappa shape index (κ1) is 15.0. The monoisotopic (exact) mass is 294 g/mol. The minimum absolute atomic E-state index is 0.235. The van der Waals surface area contributed by atoms with Crippen molar-refractivity contribution in [2.75, 3.05) is 30.8 Å². The fourth-order valence-electron chi connectivity index (χ4n) is 2.16. The van der Waals surface area contributed by atoms with Crippen molar-refractivity contribution < 1.29 is 5.11 Å². The number of fused-ring (bicyclic) bond motifs is 1. The normalized spacial score (nSPS) is 12.6. The van der Waals surface area contributed by atoms with Gasteiger partial charge in [0.1, 0.15) is 10.6 Å². The maximum absolute atomic E-state index is 9.06. The van der Waals surface area contributed by atoms with Crippen LogP contribution in [0.15, 0.2) is 6.07 Å². The van der Waals surface area contributed by atoms with E-state index in [9.17, 15) is 0 Å². The second-order valence-corrected chi connectivity index (χ2v) is 6.12. The predicted molar refractivity (Wildman–Crippen MR) is 85.7 cm³/mol. The molecule has 0 aromatic carbocycles. The lowest BCUT2D eigenvalue weighted by molar-refractivity contribution is 0.258.